The van der Waals surface area contributed by atoms with Crippen molar-refractivity contribution in [1.82, 2.24) is 0 Å². The summed E-state index contributed by atoms with van der Waals surface area (Å²) in [6.45, 7) is 0. The van der Waals surface area contributed by atoms with Crippen molar-refractivity contribution in [1.29, 1.82) is 0 Å². The van der Waals surface area contributed by atoms with Gasteiger partial charge in [0.2, 0.25) is 0 Å². The van der Waals surface area contributed by atoms with Crippen LogP contribution in [0.2, 0.25) is 0 Å². The molecule has 0 atom stereocenters. The molecule has 0 aliphatic heterocycles. The Balaban J connectivity index is 1.66. The second kappa shape index (κ2) is 9.65. The molecule has 0 aliphatic carbocycles. The van der Waals surface area contributed by atoms with E-state index in [0.717, 1.165) is 22.3 Å². The molecule has 0 radical (unpaired) electrons. The van der Waals surface area contributed by atoms with Gasteiger partial charge in [-0.1, -0.05) is 54.0 Å². The summed E-state index contributed by atoms with van der Waals surface area (Å²) in [4.78, 5) is 0. The fourth-order valence-corrected chi connectivity index (χ4v) is 3.30. The highest BCUT2D eigenvalue weighted by atomic mass is 16.5. The zero-order chi connectivity index (χ0) is 22.3. The molecule has 0 amide bonds. The minimum atomic E-state index is 0.696. The Labute approximate surface area is 188 Å². The van der Waals surface area contributed by atoms with E-state index < -0.39 is 0 Å². The Morgan fingerprint density at radius 1 is 0.438 bits per heavy atom. The Morgan fingerprint density at radius 2 is 0.906 bits per heavy atom. The number of hydrogen-bond acceptors (Lipinski definition) is 3. The van der Waals surface area contributed by atoms with Crippen molar-refractivity contribution in [2.24, 2.45) is 0 Å². The van der Waals surface area contributed by atoms with E-state index in [-0.39, 0.29) is 0 Å². The molecular formula is C29H22O3. The Hall–Kier alpha value is -4.34. The lowest BCUT2D eigenvalue weighted by Gasteiger charge is -2.05. The molecular weight excluding hydrogens is 396 g/mol. The molecule has 0 spiro atoms. The molecule has 0 N–H and O–H groups in total. The molecule has 0 heterocycles. The summed E-state index contributed by atoms with van der Waals surface area (Å²) in [6.07, 6.45) is 0. The zero-order valence-electron chi connectivity index (χ0n) is 18.2. The number of ether oxygens (including phenoxy) is 3. The van der Waals surface area contributed by atoms with Crippen LogP contribution >= 0.6 is 0 Å². The van der Waals surface area contributed by atoms with Gasteiger partial charge >= 0.3 is 0 Å². The molecule has 0 bridgehead atoms. The molecule has 0 saturated heterocycles. The van der Waals surface area contributed by atoms with Gasteiger partial charge in [0, 0.05) is 28.3 Å². The van der Waals surface area contributed by atoms with Gasteiger partial charge in [0.25, 0.3) is 0 Å². The molecule has 0 fully saturated rings. The molecule has 4 rings (SSSR count). The summed E-state index contributed by atoms with van der Waals surface area (Å²) in [5.41, 5.74) is 3.41. The number of hydrogen-bond donors (Lipinski definition) is 0. The lowest BCUT2D eigenvalue weighted by atomic mass is 10.1. The van der Waals surface area contributed by atoms with Crippen LogP contribution in [0.4, 0.5) is 0 Å². The van der Waals surface area contributed by atoms with Crippen LogP contribution in [0.1, 0.15) is 22.3 Å². The van der Waals surface area contributed by atoms with Gasteiger partial charge in [0.05, 0.1) is 21.3 Å². The standard InChI is InChI=1S/C29H22O3/c1-30-27-16-22(9-8-21-12-13-25-6-4-5-7-26(25)15-21)14-23(17-27)10-11-24-18-28(31-2)20-29(19-24)32-3/h4-7,12-20H,1-3H3. The van der Waals surface area contributed by atoms with E-state index in [0.29, 0.717) is 17.2 Å². The number of fused-ring (bicyclic) bond motifs is 1. The zero-order valence-corrected chi connectivity index (χ0v) is 18.2. The smallest absolute Gasteiger partial charge is 0.123 e. The van der Waals surface area contributed by atoms with Gasteiger partial charge in [0.15, 0.2) is 0 Å². The van der Waals surface area contributed by atoms with Crippen molar-refractivity contribution in [2.75, 3.05) is 21.3 Å². The first kappa shape index (κ1) is 20.9. The molecule has 0 aromatic heterocycles. The van der Waals surface area contributed by atoms with E-state index in [9.17, 15) is 0 Å². The highest BCUT2D eigenvalue weighted by Crippen LogP contribution is 2.22. The lowest BCUT2D eigenvalue weighted by molar-refractivity contribution is 0.394. The molecule has 156 valence electrons. The molecule has 0 saturated carbocycles. The first-order valence-electron chi connectivity index (χ1n) is 10.1. The largest absolute Gasteiger partial charge is 0.497 e. The maximum Gasteiger partial charge on any atom is 0.123 e. The summed E-state index contributed by atoms with van der Waals surface area (Å²) in [5.74, 6) is 14.9. The van der Waals surface area contributed by atoms with Gasteiger partial charge in [-0.2, -0.15) is 0 Å². The van der Waals surface area contributed by atoms with E-state index in [2.05, 4.69) is 47.9 Å². The maximum absolute atomic E-state index is 5.45. The minimum Gasteiger partial charge on any atom is -0.497 e. The Morgan fingerprint density at radius 3 is 1.47 bits per heavy atom. The second-order valence-electron chi connectivity index (χ2n) is 7.11. The second-order valence-corrected chi connectivity index (χ2v) is 7.11. The predicted octanol–water partition coefficient (Wildman–Crippen LogP) is 5.67. The van der Waals surface area contributed by atoms with Gasteiger partial charge in [-0.05, 0) is 53.2 Å². The molecule has 3 heteroatoms. The average Bonchev–Trinajstić information content (AvgIpc) is 2.85. The van der Waals surface area contributed by atoms with E-state index in [1.807, 2.05) is 54.6 Å². The fraction of sp³-hybridized carbons (Fsp3) is 0.103. The van der Waals surface area contributed by atoms with Gasteiger partial charge in [-0.15, -0.1) is 0 Å². The molecule has 32 heavy (non-hydrogen) atoms. The summed E-state index contributed by atoms with van der Waals surface area (Å²) in [7, 11) is 4.88. The van der Waals surface area contributed by atoms with Crippen LogP contribution < -0.4 is 14.2 Å². The normalized spacial score (nSPS) is 9.84. The van der Waals surface area contributed by atoms with E-state index >= 15 is 0 Å². The molecule has 3 nitrogen and oxygen atoms in total. The van der Waals surface area contributed by atoms with E-state index in [4.69, 9.17) is 14.2 Å². The first-order valence-corrected chi connectivity index (χ1v) is 10.1. The van der Waals surface area contributed by atoms with E-state index in [1.165, 1.54) is 10.8 Å². The molecule has 0 unspecified atom stereocenters. The Kier molecular flexibility index (Phi) is 6.30. The van der Waals surface area contributed by atoms with Crippen molar-refractivity contribution in [3.8, 4) is 40.9 Å². The van der Waals surface area contributed by atoms with Crippen molar-refractivity contribution in [2.45, 2.75) is 0 Å². The molecule has 4 aromatic carbocycles. The first-order chi connectivity index (χ1) is 15.7. The summed E-state index contributed by atoms with van der Waals surface area (Å²) < 4.78 is 16.1. The third-order valence-corrected chi connectivity index (χ3v) is 4.95. The Bertz CT molecular complexity index is 1370. The quantitative estimate of drug-likeness (QED) is 0.402. The van der Waals surface area contributed by atoms with Crippen LogP contribution in [0.15, 0.2) is 78.9 Å². The van der Waals surface area contributed by atoms with Gasteiger partial charge in [-0.25, -0.2) is 0 Å². The van der Waals surface area contributed by atoms with Crippen LogP contribution in [0.25, 0.3) is 10.8 Å². The third-order valence-electron chi connectivity index (χ3n) is 4.95. The highest BCUT2D eigenvalue weighted by molar-refractivity contribution is 5.83. The van der Waals surface area contributed by atoms with Crippen molar-refractivity contribution >= 4 is 10.8 Å². The molecule has 0 aliphatic rings. The number of methoxy groups -OCH3 is 3. The summed E-state index contributed by atoms with van der Waals surface area (Å²) in [6, 6.07) is 25.8. The van der Waals surface area contributed by atoms with Gasteiger partial charge in [-0.3, -0.25) is 0 Å². The lowest BCUT2D eigenvalue weighted by Crippen LogP contribution is -1.89. The average molecular weight is 418 g/mol. The van der Waals surface area contributed by atoms with E-state index in [1.54, 1.807) is 21.3 Å². The van der Waals surface area contributed by atoms with Crippen LogP contribution in [-0.4, -0.2) is 21.3 Å². The van der Waals surface area contributed by atoms with Crippen LogP contribution in [-0.2, 0) is 0 Å². The van der Waals surface area contributed by atoms with Gasteiger partial charge in [0.1, 0.15) is 17.2 Å². The third kappa shape index (κ3) is 5.04. The van der Waals surface area contributed by atoms with Crippen LogP contribution in [0.5, 0.6) is 17.2 Å². The predicted molar refractivity (Wildman–Crippen MR) is 128 cm³/mol. The summed E-state index contributed by atoms with van der Waals surface area (Å²) in [5, 5.41) is 2.37. The van der Waals surface area contributed by atoms with Crippen LogP contribution in [0.3, 0.4) is 0 Å². The highest BCUT2D eigenvalue weighted by Gasteiger charge is 2.01. The monoisotopic (exact) mass is 418 g/mol. The topological polar surface area (TPSA) is 27.7 Å². The van der Waals surface area contributed by atoms with Crippen molar-refractivity contribution in [3.63, 3.8) is 0 Å². The summed E-state index contributed by atoms with van der Waals surface area (Å²) >= 11 is 0. The SMILES string of the molecule is COc1cc(C#Cc2cc(OC)cc(OC)c2)cc(C#Cc2ccc3ccccc3c2)c1. The number of rotatable bonds is 3. The fourth-order valence-electron chi connectivity index (χ4n) is 3.30. The number of benzene rings is 4. The van der Waals surface area contributed by atoms with Gasteiger partial charge < -0.3 is 14.2 Å². The minimum absolute atomic E-state index is 0.696. The van der Waals surface area contributed by atoms with Crippen LogP contribution in [0, 0.1) is 23.7 Å². The maximum atomic E-state index is 5.45. The van der Waals surface area contributed by atoms with Crippen molar-refractivity contribution in [3.05, 3.63) is 101 Å². The van der Waals surface area contributed by atoms with Crippen molar-refractivity contribution < 1.29 is 14.2 Å². The molecule has 4 aromatic rings.